The quantitative estimate of drug-likeness (QED) is 0.174. The first-order valence-electron chi connectivity index (χ1n) is 10.9. The van der Waals surface area contributed by atoms with Crippen LogP contribution >= 0.6 is 24.0 Å². The van der Waals surface area contributed by atoms with E-state index in [4.69, 9.17) is 9.47 Å². The number of rotatable bonds is 8. The zero-order valence-electron chi connectivity index (χ0n) is 18.8. The van der Waals surface area contributed by atoms with Crippen LogP contribution in [0.2, 0.25) is 0 Å². The molecule has 8 heteroatoms. The summed E-state index contributed by atoms with van der Waals surface area (Å²) in [6.45, 7) is 4.88. The van der Waals surface area contributed by atoms with Crippen LogP contribution in [0.3, 0.4) is 0 Å². The number of carbonyl (C=O) groups is 1. The molecule has 0 fully saturated rings. The van der Waals surface area contributed by atoms with E-state index in [0.717, 1.165) is 56.0 Å². The fraction of sp³-hybridized carbons (Fsp3) is 0.565. The van der Waals surface area contributed by atoms with Crippen molar-refractivity contribution in [3.63, 3.8) is 0 Å². The number of guanidine groups is 1. The van der Waals surface area contributed by atoms with Gasteiger partial charge in [0.1, 0.15) is 0 Å². The lowest BCUT2D eigenvalue weighted by atomic mass is 9.98. The van der Waals surface area contributed by atoms with Crippen molar-refractivity contribution in [2.45, 2.75) is 51.6 Å². The SMILES string of the molecule is CCNC(=NCCCC(=O)N1CCc2cc(OC)c(OC)cc2C1)NC1CC=CC1.I. The first kappa shape index (κ1) is 25.3. The van der Waals surface area contributed by atoms with Gasteiger partial charge in [-0.15, -0.1) is 24.0 Å². The summed E-state index contributed by atoms with van der Waals surface area (Å²) in [6.07, 6.45) is 8.56. The number of halogens is 1. The van der Waals surface area contributed by atoms with Crippen LogP contribution in [0, 0.1) is 0 Å². The van der Waals surface area contributed by atoms with Gasteiger partial charge in [-0.1, -0.05) is 12.2 Å². The van der Waals surface area contributed by atoms with Crippen LogP contribution < -0.4 is 20.1 Å². The second-order valence-corrected chi connectivity index (χ2v) is 7.69. The highest BCUT2D eigenvalue weighted by molar-refractivity contribution is 14.0. The molecule has 31 heavy (non-hydrogen) atoms. The van der Waals surface area contributed by atoms with E-state index in [1.165, 1.54) is 5.56 Å². The van der Waals surface area contributed by atoms with E-state index in [9.17, 15) is 4.79 Å². The fourth-order valence-electron chi connectivity index (χ4n) is 3.92. The molecular formula is C23H35IN4O3. The summed E-state index contributed by atoms with van der Waals surface area (Å²) in [5.41, 5.74) is 2.36. The number of methoxy groups -OCH3 is 2. The van der Waals surface area contributed by atoms with E-state index in [-0.39, 0.29) is 29.9 Å². The molecule has 1 heterocycles. The largest absolute Gasteiger partial charge is 0.493 e. The normalized spacial score (nSPS) is 15.8. The minimum atomic E-state index is 0. The minimum Gasteiger partial charge on any atom is -0.493 e. The Morgan fingerprint density at radius 3 is 2.48 bits per heavy atom. The van der Waals surface area contributed by atoms with Gasteiger partial charge < -0.3 is 25.0 Å². The van der Waals surface area contributed by atoms with Crippen molar-refractivity contribution in [1.82, 2.24) is 15.5 Å². The third-order valence-corrected chi connectivity index (χ3v) is 5.58. The molecule has 0 radical (unpaired) electrons. The first-order chi connectivity index (χ1) is 14.6. The first-order valence-corrected chi connectivity index (χ1v) is 10.9. The highest BCUT2D eigenvalue weighted by Crippen LogP contribution is 2.33. The smallest absolute Gasteiger partial charge is 0.222 e. The maximum absolute atomic E-state index is 12.7. The topological polar surface area (TPSA) is 75.2 Å². The van der Waals surface area contributed by atoms with Crippen molar-refractivity contribution in [3.05, 3.63) is 35.4 Å². The van der Waals surface area contributed by atoms with Crippen LogP contribution in [0.5, 0.6) is 11.5 Å². The molecular weight excluding hydrogens is 507 g/mol. The number of nitrogens with zero attached hydrogens (tertiary/aromatic N) is 2. The molecule has 1 aliphatic heterocycles. The van der Waals surface area contributed by atoms with Gasteiger partial charge in [0.2, 0.25) is 5.91 Å². The van der Waals surface area contributed by atoms with Gasteiger partial charge >= 0.3 is 0 Å². The molecule has 1 aromatic carbocycles. The second-order valence-electron chi connectivity index (χ2n) is 7.69. The maximum Gasteiger partial charge on any atom is 0.222 e. The van der Waals surface area contributed by atoms with E-state index in [1.807, 2.05) is 17.0 Å². The lowest BCUT2D eigenvalue weighted by Gasteiger charge is -2.29. The summed E-state index contributed by atoms with van der Waals surface area (Å²) in [4.78, 5) is 19.3. The zero-order chi connectivity index (χ0) is 21.3. The Labute approximate surface area is 202 Å². The number of hydrogen-bond donors (Lipinski definition) is 2. The molecule has 1 amide bonds. The van der Waals surface area contributed by atoms with E-state index in [0.29, 0.717) is 31.3 Å². The number of amides is 1. The lowest BCUT2D eigenvalue weighted by molar-refractivity contribution is -0.132. The number of fused-ring (bicyclic) bond motifs is 1. The van der Waals surface area contributed by atoms with Gasteiger partial charge in [0.05, 0.1) is 14.2 Å². The Balaban J connectivity index is 0.00000341. The van der Waals surface area contributed by atoms with Gasteiger partial charge in [0, 0.05) is 38.6 Å². The summed E-state index contributed by atoms with van der Waals surface area (Å²) < 4.78 is 10.8. The fourth-order valence-corrected chi connectivity index (χ4v) is 3.92. The lowest BCUT2D eigenvalue weighted by Crippen LogP contribution is -2.42. The summed E-state index contributed by atoms with van der Waals surface area (Å²) in [6, 6.07) is 4.44. The molecule has 7 nitrogen and oxygen atoms in total. The number of benzene rings is 1. The highest BCUT2D eigenvalue weighted by atomic mass is 127. The van der Waals surface area contributed by atoms with Gasteiger partial charge in [-0.25, -0.2) is 0 Å². The van der Waals surface area contributed by atoms with Crippen LogP contribution in [0.25, 0.3) is 0 Å². The van der Waals surface area contributed by atoms with E-state index in [1.54, 1.807) is 14.2 Å². The molecule has 2 N–H and O–H groups in total. The summed E-state index contributed by atoms with van der Waals surface area (Å²) in [5.74, 6) is 2.48. The molecule has 0 bridgehead atoms. The van der Waals surface area contributed by atoms with Crippen molar-refractivity contribution in [2.24, 2.45) is 4.99 Å². The van der Waals surface area contributed by atoms with Crippen molar-refractivity contribution in [1.29, 1.82) is 0 Å². The Hall–Kier alpha value is -1.97. The number of ether oxygens (including phenoxy) is 2. The zero-order valence-corrected chi connectivity index (χ0v) is 21.1. The van der Waals surface area contributed by atoms with E-state index in [2.05, 4.69) is 34.7 Å². The number of hydrogen-bond acceptors (Lipinski definition) is 4. The second kappa shape index (κ2) is 12.8. The number of aliphatic imine (C=N–C) groups is 1. The van der Waals surface area contributed by atoms with Crippen LogP contribution in [0.1, 0.15) is 43.7 Å². The molecule has 0 saturated carbocycles. The van der Waals surface area contributed by atoms with Gasteiger partial charge in [-0.3, -0.25) is 9.79 Å². The Morgan fingerprint density at radius 1 is 1.16 bits per heavy atom. The van der Waals surface area contributed by atoms with Crippen LogP contribution in [-0.4, -0.2) is 56.7 Å². The van der Waals surface area contributed by atoms with Crippen molar-refractivity contribution < 1.29 is 14.3 Å². The van der Waals surface area contributed by atoms with Crippen LogP contribution in [-0.2, 0) is 17.8 Å². The average Bonchev–Trinajstić information content (AvgIpc) is 3.28. The maximum atomic E-state index is 12.7. The molecule has 1 aliphatic carbocycles. The summed E-state index contributed by atoms with van der Waals surface area (Å²) in [5, 5.41) is 6.74. The molecule has 172 valence electrons. The highest BCUT2D eigenvalue weighted by Gasteiger charge is 2.22. The van der Waals surface area contributed by atoms with Crippen LogP contribution in [0.4, 0.5) is 0 Å². The molecule has 0 atom stereocenters. The van der Waals surface area contributed by atoms with E-state index >= 15 is 0 Å². The summed E-state index contributed by atoms with van der Waals surface area (Å²) in [7, 11) is 3.28. The molecule has 2 aliphatic rings. The molecule has 0 unspecified atom stereocenters. The van der Waals surface area contributed by atoms with Gasteiger partial charge in [0.15, 0.2) is 17.5 Å². The van der Waals surface area contributed by atoms with Crippen molar-refractivity contribution in [3.8, 4) is 11.5 Å². The Kier molecular flexibility index (Phi) is 10.4. The molecule has 0 aromatic heterocycles. The predicted molar refractivity (Wildman–Crippen MR) is 135 cm³/mol. The molecule has 1 aromatic rings. The number of nitrogens with one attached hydrogen (secondary N) is 2. The molecule has 3 rings (SSSR count). The van der Waals surface area contributed by atoms with Crippen molar-refractivity contribution >= 4 is 35.8 Å². The monoisotopic (exact) mass is 542 g/mol. The van der Waals surface area contributed by atoms with Gasteiger partial charge in [-0.2, -0.15) is 0 Å². The van der Waals surface area contributed by atoms with Crippen molar-refractivity contribution in [2.75, 3.05) is 33.9 Å². The minimum absolute atomic E-state index is 0. The van der Waals surface area contributed by atoms with Gasteiger partial charge in [-0.05, 0) is 55.9 Å². The molecule has 0 spiro atoms. The number of carbonyl (C=O) groups excluding carboxylic acids is 1. The Bertz CT molecular complexity index is 789. The standard InChI is InChI=1S/C23H34N4O3.HI/c1-4-24-23(26-19-8-5-6-9-19)25-12-7-10-22(28)27-13-11-17-14-20(29-2)21(30-3)15-18(17)16-27;/h5-6,14-15,19H,4,7-13,16H2,1-3H3,(H2,24,25,26);1H. The predicted octanol–water partition coefficient (Wildman–Crippen LogP) is 3.26. The average molecular weight is 542 g/mol. The molecule has 0 saturated heterocycles. The third-order valence-electron chi connectivity index (χ3n) is 5.58. The summed E-state index contributed by atoms with van der Waals surface area (Å²) >= 11 is 0. The van der Waals surface area contributed by atoms with Gasteiger partial charge in [0.25, 0.3) is 0 Å². The van der Waals surface area contributed by atoms with E-state index < -0.39 is 0 Å². The Morgan fingerprint density at radius 2 is 1.84 bits per heavy atom. The third kappa shape index (κ3) is 7.02. The van der Waals surface area contributed by atoms with Crippen LogP contribution in [0.15, 0.2) is 29.3 Å².